The number of nitrogens with two attached hydrogens (primary N) is 1. The molecule has 0 amide bonds. The SMILES string of the molecule is CC1CCCC1c1nc(C2(N)CCCC2)no1.Cl. The van der Waals surface area contributed by atoms with E-state index in [0.29, 0.717) is 11.8 Å². The van der Waals surface area contributed by atoms with Gasteiger partial charge in [-0.15, -0.1) is 12.4 Å². The van der Waals surface area contributed by atoms with Crippen molar-refractivity contribution in [3.8, 4) is 0 Å². The fraction of sp³-hybridized carbons (Fsp3) is 0.846. The van der Waals surface area contributed by atoms with Crippen LogP contribution in [-0.4, -0.2) is 10.1 Å². The van der Waals surface area contributed by atoms with Crippen LogP contribution in [0.15, 0.2) is 4.52 Å². The maximum atomic E-state index is 6.34. The Morgan fingerprint density at radius 2 is 1.94 bits per heavy atom. The third kappa shape index (κ3) is 2.28. The lowest BCUT2D eigenvalue weighted by Gasteiger charge is -2.18. The lowest BCUT2D eigenvalue weighted by atomic mass is 9.97. The van der Waals surface area contributed by atoms with Crippen molar-refractivity contribution in [1.29, 1.82) is 0 Å². The second-order valence-electron chi connectivity index (χ2n) is 5.83. The van der Waals surface area contributed by atoms with Crippen molar-refractivity contribution in [3.05, 3.63) is 11.7 Å². The number of halogens is 1. The largest absolute Gasteiger partial charge is 0.339 e. The van der Waals surface area contributed by atoms with Gasteiger partial charge in [-0.25, -0.2) is 0 Å². The first kappa shape index (κ1) is 13.8. The van der Waals surface area contributed by atoms with Gasteiger partial charge in [0.2, 0.25) is 5.89 Å². The summed E-state index contributed by atoms with van der Waals surface area (Å²) in [5.74, 6) is 2.69. The van der Waals surface area contributed by atoms with Crippen LogP contribution in [-0.2, 0) is 5.54 Å². The Bertz CT molecular complexity index is 401. The quantitative estimate of drug-likeness (QED) is 0.898. The Labute approximate surface area is 114 Å². The van der Waals surface area contributed by atoms with Crippen molar-refractivity contribution in [2.75, 3.05) is 0 Å². The Hall–Kier alpha value is -0.610. The minimum absolute atomic E-state index is 0. The summed E-state index contributed by atoms with van der Waals surface area (Å²) in [6, 6.07) is 0. The molecule has 2 N–H and O–H groups in total. The van der Waals surface area contributed by atoms with E-state index in [1.165, 1.54) is 32.1 Å². The van der Waals surface area contributed by atoms with Gasteiger partial charge in [0, 0.05) is 5.92 Å². The number of nitrogens with zero attached hydrogens (tertiary/aromatic N) is 2. The molecular weight excluding hydrogens is 250 g/mol. The minimum Gasteiger partial charge on any atom is -0.339 e. The first-order valence-electron chi connectivity index (χ1n) is 6.82. The van der Waals surface area contributed by atoms with Crippen molar-refractivity contribution < 1.29 is 4.52 Å². The van der Waals surface area contributed by atoms with Gasteiger partial charge >= 0.3 is 0 Å². The molecule has 2 saturated carbocycles. The average molecular weight is 272 g/mol. The maximum Gasteiger partial charge on any atom is 0.230 e. The van der Waals surface area contributed by atoms with Crippen LogP contribution >= 0.6 is 12.4 Å². The van der Waals surface area contributed by atoms with Crippen LogP contribution in [0.4, 0.5) is 0 Å². The number of aromatic nitrogens is 2. The summed E-state index contributed by atoms with van der Waals surface area (Å²) in [4.78, 5) is 4.59. The third-order valence-corrected chi connectivity index (χ3v) is 4.56. The lowest BCUT2D eigenvalue weighted by molar-refractivity contribution is 0.318. The summed E-state index contributed by atoms with van der Waals surface area (Å²) in [6.07, 6.45) is 8.08. The zero-order chi connectivity index (χ0) is 11.9. The molecule has 1 aromatic rings. The summed E-state index contributed by atoms with van der Waals surface area (Å²) in [5.41, 5.74) is 6.03. The van der Waals surface area contributed by atoms with Gasteiger partial charge in [-0.05, 0) is 31.6 Å². The van der Waals surface area contributed by atoms with Gasteiger partial charge in [-0.2, -0.15) is 4.98 Å². The fourth-order valence-corrected chi connectivity index (χ4v) is 3.33. The molecule has 102 valence electrons. The van der Waals surface area contributed by atoms with Crippen molar-refractivity contribution in [2.45, 2.75) is 63.3 Å². The summed E-state index contributed by atoms with van der Waals surface area (Å²) in [6.45, 7) is 2.27. The van der Waals surface area contributed by atoms with Crippen LogP contribution in [0.1, 0.15) is 69.5 Å². The van der Waals surface area contributed by atoms with E-state index in [1.807, 2.05) is 0 Å². The first-order valence-corrected chi connectivity index (χ1v) is 6.82. The summed E-state index contributed by atoms with van der Waals surface area (Å²) >= 11 is 0. The summed E-state index contributed by atoms with van der Waals surface area (Å²) in [5, 5.41) is 4.14. The minimum atomic E-state index is -0.316. The molecule has 2 aliphatic carbocycles. The van der Waals surface area contributed by atoms with E-state index in [1.54, 1.807) is 0 Å². The van der Waals surface area contributed by atoms with Gasteiger partial charge in [0.25, 0.3) is 0 Å². The van der Waals surface area contributed by atoms with Crippen LogP contribution in [0.3, 0.4) is 0 Å². The molecule has 4 nitrogen and oxygen atoms in total. The Morgan fingerprint density at radius 3 is 2.56 bits per heavy atom. The number of rotatable bonds is 2. The van der Waals surface area contributed by atoms with E-state index >= 15 is 0 Å². The standard InChI is InChI=1S/C13H21N3O.ClH/c1-9-5-4-6-10(9)11-15-12(16-17-11)13(14)7-2-3-8-13;/h9-10H,2-8,14H2,1H3;1H. The molecule has 18 heavy (non-hydrogen) atoms. The molecule has 2 aliphatic rings. The normalized spacial score (nSPS) is 30.3. The molecule has 5 heteroatoms. The van der Waals surface area contributed by atoms with Gasteiger partial charge in [0.1, 0.15) is 0 Å². The van der Waals surface area contributed by atoms with Gasteiger partial charge < -0.3 is 10.3 Å². The third-order valence-electron chi connectivity index (χ3n) is 4.56. The highest BCUT2D eigenvalue weighted by Gasteiger charge is 2.37. The van der Waals surface area contributed by atoms with E-state index < -0.39 is 0 Å². The van der Waals surface area contributed by atoms with Crippen molar-refractivity contribution in [2.24, 2.45) is 11.7 Å². The van der Waals surface area contributed by atoms with Gasteiger partial charge in [0.05, 0.1) is 5.54 Å². The van der Waals surface area contributed by atoms with E-state index in [0.717, 1.165) is 24.6 Å². The molecule has 0 aromatic carbocycles. The summed E-state index contributed by atoms with van der Waals surface area (Å²) < 4.78 is 5.46. The zero-order valence-electron chi connectivity index (χ0n) is 10.9. The lowest BCUT2D eigenvalue weighted by Crippen LogP contribution is -2.34. The van der Waals surface area contributed by atoms with Crippen LogP contribution in [0.25, 0.3) is 0 Å². The van der Waals surface area contributed by atoms with E-state index in [-0.39, 0.29) is 17.9 Å². The maximum absolute atomic E-state index is 6.34. The van der Waals surface area contributed by atoms with Crippen LogP contribution < -0.4 is 5.73 Å². The van der Waals surface area contributed by atoms with Crippen molar-refractivity contribution in [1.82, 2.24) is 10.1 Å². The Kier molecular flexibility index (Phi) is 3.97. The molecule has 0 radical (unpaired) electrons. The topological polar surface area (TPSA) is 64.9 Å². The summed E-state index contributed by atoms with van der Waals surface area (Å²) in [7, 11) is 0. The molecule has 3 rings (SSSR count). The number of hydrogen-bond donors (Lipinski definition) is 1. The Balaban J connectivity index is 0.00000120. The average Bonchev–Trinajstić information content (AvgIpc) is 2.97. The van der Waals surface area contributed by atoms with Gasteiger partial charge in [-0.3, -0.25) is 0 Å². The highest BCUT2D eigenvalue weighted by atomic mass is 35.5. The second kappa shape index (κ2) is 5.17. The molecule has 2 unspecified atom stereocenters. The molecule has 0 bridgehead atoms. The molecular formula is C13H22ClN3O. The fourth-order valence-electron chi connectivity index (χ4n) is 3.33. The van der Waals surface area contributed by atoms with Gasteiger partial charge in [0.15, 0.2) is 5.82 Å². The molecule has 2 atom stereocenters. The van der Waals surface area contributed by atoms with E-state index in [9.17, 15) is 0 Å². The van der Waals surface area contributed by atoms with E-state index in [2.05, 4.69) is 17.1 Å². The molecule has 1 aromatic heterocycles. The Morgan fingerprint density at radius 1 is 1.22 bits per heavy atom. The van der Waals surface area contributed by atoms with Gasteiger partial charge in [-0.1, -0.05) is 31.3 Å². The number of hydrogen-bond acceptors (Lipinski definition) is 4. The molecule has 0 aliphatic heterocycles. The predicted octanol–water partition coefficient (Wildman–Crippen LogP) is 3.12. The predicted molar refractivity (Wildman–Crippen MR) is 71.6 cm³/mol. The van der Waals surface area contributed by atoms with Crippen LogP contribution in [0.5, 0.6) is 0 Å². The highest BCUT2D eigenvalue weighted by molar-refractivity contribution is 5.85. The first-order chi connectivity index (χ1) is 8.19. The van der Waals surface area contributed by atoms with Crippen molar-refractivity contribution >= 4 is 12.4 Å². The monoisotopic (exact) mass is 271 g/mol. The van der Waals surface area contributed by atoms with Crippen molar-refractivity contribution in [3.63, 3.8) is 0 Å². The second-order valence-corrected chi connectivity index (χ2v) is 5.83. The molecule has 0 saturated heterocycles. The van der Waals surface area contributed by atoms with Crippen LogP contribution in [0.2, 0.25) is 0 Å². The van der Waals surface area contributed by atoms with Crippen LogP contribution in [0, 0.1) is 5.92 Å². The zero-order valence-corrected chi connectivity index (χ0v) is 11.7. The molecule has 2 fully saturated rings. The molecule has 1 heterocycles. The smallest absolute Gasteiger partial charge is 0.230 e. The highest BCUT2D eigenvalue weighted by Crippen LogP contribution is 2.40. The molecule has 0 spiro atoms. The van der Waals surface area contributed by atoms with E-state index in [4.69, 9.17) is 10.3 Å².